The van der Waals surface area contributed by atoms with Crippen LogP contribution >= 0.6 is 0 Å². The van der Waals surface area contributed by atoms with Crippen LogP contribution in [-0.2, 0) is 15.1 Å². The molecule has 1 aliphatic heterocycles. The first kappa shape index (κ1) is 29.1. The van der Waals surface area contributed by atoms with E-state index in [4.69, 9.17) is 14.6 Å². The van der Waals surface area contributed by atoms with Gasteiger partial charge < -0.3 is 19.7 Å². The van der Waals surface area contributed by atoms with Crippen molar-refractivity contribution >= 4 is 34.8 Å². The molecule has 220 valence electrons. The lowest BCUT2D eigenvalue weighted by Gasteiger charge is -2.31. The number of carboxylic acid groups (broad SMARTS) is 1. The molecule has 0 aliphatic carbocycles. The number of amides is 1. The molecule has 1 atom stereocenters. The van der Waals surface area contributed by atoms with Crippen molar-refractivity contribution in [3.8, 4) is 22.6 Å². The molecule has 1 amide bonds. The summed E-state index contributed by atoms with van der Waals surface area (Å²) in [5, 5.41) is 24.2. The van der Waals surface area contributed by atoms with E-state index in [1.54, 1.807) is 48.5 Å². The standard InChI is InChI=1S/C31H24F3N3O6/c1-30(42-2,31(32,33)34)19-13-15-20(16-14-19)37-25-12-4-3-9-23(25)26(28(37)39)36-35-24-11-6-10-22(27(24)38)18-7-5-8-21(17-18)43-29(40)41/h3-17,35,38H,1-2H3,(H,40,41). The van der Waals surface area contributed by atoms with Crippen molar-refractivity contribution < 1.29 is 42.4 Å². The first-order valence-electron chi connectivity index (χ1n) is 12.8. The van der Waals surface area contributed by atoms with Gasteiger partial charge in [-0.05, 0) is 54.4 Å². The number of phenolic OH excluding ortho intramolecular Hbond substituents is 1. The first-order chi connectivity index (χ1) is 20.4. The fourth-order valence-electron chi connectivity index (χ4n) is 4.70. The molecule has 0 aromatic heterocycles. The van der Waals surface area contributed by atoms with E-state index in [9.17, 15) is 27.9 Å². The molecule has 0 bridgehead atoms. The maximum absolute atomic E-state index is 13.7. The van der Waals surface area contributed by atoms with Gasteiger partial charge in [-0.15, -0.1) is 0 Å². The fraction of sp³-hybridized carbons (Fsp3) is 0.129. The molecule has 9 nitrogen and oxygen atoms in total. The van der Waals surface area contributed by atoms with Gasteiger partial charge in [0.2, 0.25) is 0 Å². The number of rotatable bonds is 7. The first-order valence-corrected chi connectivity index (χ1v) is 12.8. The Kier molecular flexibility index (Phi) is 7.55. The second kappa shape index (κ2) is 11.1. The number of ether oxygens (including phenoxy) is 2. The summed E-state index contributed by atoms with van der Waals surface area (Å²) in [4.78, 5) is 25.8. The summed E-state index contributed by atoms with van der Waals surface area (Å²) in [5.41, 5.74) is 2.33. The number of methoxy groups -OCH3 is 1. The van der Waals surface area contributed by atoms with Crippen molar-refractivity contribution in [2.75, 3.05) is 17.4 Å². The van der Waals surface area contributed by atoms with Gasteiger partial charge in [-0.25, -0.2) is 4.79 Å². The van der Waals surface area contributed by atoms with Crippen LogP contribution in [0.15, 0.2) is 96.1 Å². The number of benzene rings is 4. The summed E-state index contributed by atoms with van der Waals surface area (Å²) < 4.78 is 50.6. The molecule has 3 N–H and O–H groups in total. The molecular weight excluding hydrogens is 567 g/mol. The monoisotopic (exact) mass is 591 g/mol. The number of fused-ring (bicyclic) bond motifs is 1. The number of aromatic hydroxyl groups is 1. The number of carbonyl (C=O) groups excluding carboxylic acids is 1. The number of para-hydroxylation sites is 2. The van der Waals surface area contributed by atoms with E-state index >= 15 is 0 Å². The maximum Gasteiger partial charge on any atom is 0.511 e. The molecule has 5 rings (SSSR count). The van der Waals surface area contributed by atoms with Crippen LogP contribution in [0.1, 0.15) is 18.1 Å². The van der Waals surface area contributed by atoms with E-state index in [1.807, 2.05) is 0 Å². The lowest BCUT2D eigenvalue weighted by molar-refractivity contribution is -0.269. The Labute approximate surface area is 243 Å². The van der Waals surface area contributed by atoms with E-state index in [0.717, 1.165) is 14.0 Å². The lowest BCUT2D eigenvalue weighted by atomic mass is 9.94. The molecule has 0 saturated carbocycles. The van der Waals surface area contributed by atoms with Crippen LogP contribution in [0.2, 0.25) is 0 Å². The van der Waals surface area contributed by atoms with E-state index < -0.39 is 23.8 Å². The zero-order chi connectivity index (χ0) is 30.9. The summed E-state index contributed by atoms with van der Waals surface area (Å²) in [6.07, 6.45) is -6.14. The second-order valence-corrected chi connectivity index (χ2v) is 9.61. The molecule has 0 spiro atoms. The molecule has 0 fully saturated rings. The number of halogens is 3. The van der Waals surface area contributed by atoms with Gasteiger partial charge >= 0.3 is 12.3 Å². The van der Waals surface area contributed by atoms with E-state index in [2.05, 4.69) is 10.5 Å². The SMILES string of the molecule is COC(C)(c1ccc(N2C(=O)C(=NNc3cccc(-c4cccc(OC(=O)O)c4)c3O)c3ccccc32)cc1)C(F)(F)F. The van der Waals surface area contributed by atoms with Crippen LogP contribution in [0.3, 0.4) is 0 Å². The Morgan fingerprint density at radius 2 is 1.60 bits per heavy atom. The summed E-state index contributed by atoms with van der Waals surface area (Å²) in [7, 11) is 0.982. The van der Waals surface area contributed by atoms with Crippen molar-refractivity contribution in [3.05, 3.63) is 102 Å². The highest BCUT2D eigenvalue weighted by molar-refractivity contribution is 6.55. The minimum absolute atomic E-state index is 0.0124. The number of phenols is 1. The number of carbonyl (C=O) groups is 2. The highest BCUT2D eigenvalue weighted by atomic mass is 19.4. The third-order valence-electron chi connectivity index (χ3n) is 7.11. The zero-order valence-corrected chi connectivity index (χ0v) is 22.7. The van der Waals surface area contributed by atoms with Gasteiger partial charge in [0.05, 0.1) is 11.4 Å². The summed E-state index contributed by atoms with van der Waals surface area (Å²) in [5.74, 6) is -0.688. The highest BCUT2D eigenvalue weighted by Crippen LogP contribution is 2.43. The molecule has 12 heteroatoms. The molecule has 4 aromatic carbocycles. The van der Waals surface area contributed by atoms with Crippen molar-refractivity contribution in [1.82, 2.24) is 0 Å². The summed E-state index contributed by atoms with van der Waals surface area (Å²) >= 11 is 0. The quantitative estimate of drug-likeness (QED) is 0.0913. The van der Waals surface area contributed by atoms with Crippen LogP contribution in [0.4, 0.5) is 35.0 Å². The lowest BCUT2D eigenvalue weighted by Crippen LogP contribution is -2.41. The zero-order valence-electron chi connectivity index (χ0n) is 22.7. The average molecular weight is 592 g/mol. The van der Waals surface area contributed by atoms with Crippen LogP contribution in [-0.4, -0.2) is 41.3 Å². The predicted octanol–water partition coefficient (Wildman–Crippen LogP) is 7.03. The molecule has 4 aromatic rings. The van der Waals surface area contributed by atoms with Gasteiger partial charge in [-0.2, -0.15) is 18.3 Å². The molecule has 1 heterocycles. The molecule has 0 saturated heterocycles. The Hall–Kier alpha value is -5.36. The van der Waals surface area contributed by atoms with Gasteiger partial charge in [-0.1, -0.05) is 54.6 Å². The molecule has 0 radical (unpaired) electrons. The van der Waals surface area contributed by atoms with Crippen molar-refractivity contribution in [2.45, 2.75) is 18.7 Å². The average Bonchev–Trinajstić information content (AvgIpc) is 3.26. The molecule has 1 aliphatic rings. The topological polar surface area (TPSA) is 121 Å². The minimum atomic E-state index is -4.66. The smallest absolute Gasteiger partial charge is 0.505 e. The molecule has 43 heavy (non-hydrogen) atoms. The van der Waals surface area contributed by atoms with Crippen molar-refractivity contribution in [3.63, 3.8) is 0 Å². The van der Waals surface area contributed by atoms with Gasteiger partial charge in [0, 0.05) is 23.9 Å². The van der Waals surface area contributed by atoms with E-state index in [1.165, 1.54) is 47.4 Å². The highest BCUT2D eigenvalue weighted by Gasteiger charge is 2.53. The van der Waals surface area contributed by atoms with E-state index in [0.29, 0.717) is 28.1 Å². The Morgan fingerprint density at radius 1 is 0.930 bits per heavy atom. The minimum Gasteiger partial charge on any atom is -0.505 e. The Balaban J connectivity index is 1.46. The number of hydrogen-bond donors (Lipinski definition) is 3. The number of nitrogens with zero attached hydrogens (tertiary/aromatic N) is 2. The van der Waals surface area contributed by atoms with Gasteiger partial charge in [-0.3, -0.25) is 15.1 Å². The predicted molar refractivity (Wildman–Crippen MR) is 153 cm³/mol. The van der Waals surface area contributed by atoms with Crippen LogP contribution < -0.4 is 15.1 Å². The number of hydrazone groups is 1. The third kappa shape index (κ3) is 5.35. The van der Waals surface area contributed by atoms with Gasteiger partial charge in [0.15, 0.2) is 11.3 Å². The number of alkyl halides is 3. The fourth-order valence-corrected chi connectivity index (χ4v) is 4.70. The molecule has 1 unspecified atom stereocenters. The summed E-state index contributed by atoms with van der Waals surface area (Å²) in [6.45, 7) is 0.930. The Morgan fingerprint density at radius 3 is 2.28 bits per heavy atom. The number of nitrogens with one attached hydrogen (secondary N) is 1. The maximum atomic E-state index is 13.7. The second-order valence-electron chi connectivity index (χ2n) is 9.61. The number of hydrogen-bond acceptors (Lipinski definition) is 7. The van der Waals surface area contributed by atoms with Crippen LogP contribution in [0, 0.1) is 0 Å². The summed E-state index contributed by atoms with van der Waals surface area (Å²) in [6, 6.07) is 23.0. The number of anilines is 3. The normalized spacial score (nSPS) is 15.2. The van der Waals surface area contributed by atoms with E-state index in [-0.39, 0.29) is 28.5 Å². The largest absolute Gasteiger partial charge is 0.511 e. The van der Waals surface area contributed by atoms with Crippen LogP contribution in [0.5, 0.6) is 11.5 Å². The molecular formula is C31H24F3N3O6. The van der Waals surface area contributed by atoms with Crippen molar-refractivity contribution in [2.24, 2.45) is 5.10 Å². The van der Waals surface area contributed by atoms with Gasteiger partial charge in [0.25, 0.3) is 5.91 Å². The van der Waals surface area contributed by atoms with Crippen LogP contribution in [0.25, 0.3) is 11.1 Å². The van der Waals surface area contributed by atoms with Crippen molar-refractivity contribution in [1.29, 1.82) is 0 Å². The Bertz CT molecular complexity index is 1740. The van der Waals surface area contributed by atoms with Gasteiger partial charge in [0.1, 0.15) is 11.5 Å². The third-order valence-corrected chi connectivity index (χ3v) is 7.11.